The molecule has 0 fully saturated rings. The molecule has 0 aromatic carbocycles. The van der Waals surface area contributed by atoms with Crippen LogP contribution in [0.2, 0.25) is 0 Å². The molecule has 0 spiro atoms. The van der Waals surface area contributed by atoms with Gasteiger partial charge in [-0.2, -0.15) is 0 Å². The number of nitrogens with one attached hydrogen (secondary N) is 1. The fourth-order valence-corrected chi connectivity index (χ4v) is 1.75. The summed E-state index contributed by atoms with van der Waals surface area (Å²) in [7, 11) is 0. The summed E-state index contributed by atoms with van der Waals surface area (Å²) in [6.45, 7) is 2.11. The Morgan fingerprint density at radius 2 is 2.17 bits per heavy atom. The predicted octanol–water partition coefficient (Wildman–Crippen LogP) is 1.18. The van der Waals surface area contributed by atoms with Gasteiger partial charge in [0, 0.05) is 24.5 Å². The number of rotatable bonds is 5. The summed E-state index contributed by atoms with van der Waals surface area (Å²) in [5.74, 6) is 5.57. The second-order valence-corrected chi connectivity index (χ2v) is 4.07. The fourth-order valence-electron chi connectivity index (χ4n) is 1.75. The van der Waals surface area contributed by atoms with Crippen molar-refractivity contribution >= 4 is 0 Å². The monoisotopic (exact) mass is 243 g/mol. The molecule has 0 saturated carbocycles. The van der Waals surface area contributed by atoms with Crippen molar-refractivity contribution in [3.63, 3.8) is 0 Å². The molecule has 3 N–H and O–H groups in total. The van der Waals surface area contributed by atoms with Gasteiger partial charge in [0.25, 0.3) is 0 Å². The molecule has 0 amide bonds. The number of hydrazine groups is 1. The lowest BCUT2D eigenvalue weighted by molar-refractivity contribution is 0.531. The van der Waals surface area contributed by atoms with Crippen LogP contribution in [0.1, 0.15) is 29.9 Å². The van der Waals surface area contributed by atoms with E-state index in [1.165, 1.54) is 11.9 Å². The van der Waals surface area contributed by atoms with Gasteiger partial charge in [0.1, 0.15) is 6.33 Å². The molecule has 2 aromatic heterocycles. The van der Waals surface area contributed by atoms with Crippen molar-refractivity contribution in [3.05, 3.63) is 53.9 Å². The van der Waals surface area contributed by atoms with E-state index < -0.39 is 0 Å². The Balaban J connectivity index is 2.10. The lowest BCUT2D eigenvalue weighted by Gasteiger charge is -2.14. The minimum Gasteiger partial charge on any atom is -0.271 e. The normalized spacial score (nSPS) is 12.3. The van der Waals surface area contributed by atoms with Gasteiger partial charge in [0.15, 0.2) is 0 Å². The van der Waals surface area contributed by atoms with E-state index in [2.05, 4.69) is 33.4 Å². The Labute approximate surface area is 106 Å². The lowest BCUT2D eigenvalue weighted by atomic mass is 10.1. The Bertz CT molecular complexity index is 469. The summed E-state index contributed by atoms with van der Waals surface area (Å²) in [5.41, 5.74) is 5.86. The molecule has 0 aliphatic heterocycles. The van der Waals surface area contributed by atoms with Crippen molar-refractivity contribution in [2.45, 2.75) is 25.8 Å². The van der Waals surface area contributed by atoms with Crippen LogP contribution >= 0.6 is 0 Å². The quantitative estimate of drug-likeness (QED) is 0.609. The second kappa shape index (κ2) is 6.18. The predicted molar refractivity (Wildman–Crippen MR) is 69.4 cm³/mol. The van der Waals surface area contributed by atoms with Crippen LogP contribution in [-0.4, -0.2) is 15.0 Å². The van der Waals surface area contributed by atoms with Crippen LogP contribution in [0.15, 0.2) is 36.9 Å². The fraction of sp³-hybridized carbons (Fsp3) is 0.308. The van der Waals surface area contributed by atoms with Crippen LogP contribution in [0.5, 0.6) is 0 Å². The third-order valence-corrected chi connectivity index (χ3v) is 2.87. The molecule has 0 bridgehead atoms. The first-order valence-electron chi connectivity index (χ1n) is 5.99. The molecule has 18 heavy (non-hydrogen) atoms. The molecule has 0 aliphatic carbocycles. The van der Waals surface area contributed by atoms with Gasteiger partial charge in [0.2, 0.25) is 0 Å². The molecule has 5 heteroatoms. The smallest absolute Gasteiger partial charge is 0.115 e. The molecule has 1 unspecified atom stereocenters. The zero-order valence-electron chi connectivity index (χ0n) is 10.4. The van der Waals surface area contributed by atoms with Crippen molar-refractivity contribution in [2.24, 2.45) is 5.84 Å². The van der Waals surface area contributed by atoms with Gasteiger partial charge >= 0.3 is 0 Å². The minimum atomic E-state index is -0.0482. The van der Waals surface area contributed by atoms with E-state index >= 15 is 0 Å². The standard InChI is InChI=1S/C13H17N5/c1-2-10-3-4-11(16-8-10)7-13(18-14)12-5-6-15-9-17-12/h3-6,8-9,13,18H,2,7,14H2,1H3. The van der Waals surface area contributed by atoms with Gasteiger partial charge in [-0.05, 0) is 24.1 Å². The molecule has 2 aromatic rings. The van der Waals surface area contributed by atoms with Crippen molar-refractivity contribution in [1.29, 1.82) is 0 Å². The molecule has 0 radical (unpaired) electrons. The zero-order valence-corrected chi connectivity index (χ0v) is 10.4. The second-order valence-electron chi connectivity index (χ2n) is 4.07. The van der Waals surface area contributed by atoms with Gasteiger partial charge in [-0.25, -0.2) is 9.97 Å². The molecular formula is C13H17N5. The van der Waals surface area contributed by atoms with Crippen molar-refractivity contribution in [2.75, 3.05) is 0 Å². The average molecular weight is 243 g/mol. The highest BCUT2D eigenvalue weighted by Crippen LogP contribution is 2.14. The Kier molecular flexibility index (Phi) is 4.33. The van der Waals surface area contributed by atoms with E-state index in [0.717, 1.165) is 17.8 Å². The topological polar surface area (TPSA) is 76.7 Å². The van der Waals surface area contributed by atoms with E-state index in [1.807, 2.05) is 18.3 Å². The molecule has 94 valence electrons. The summed E-state index contributed by atoms with van der Waals surface area (Å²) in [4.78, 5) is 12.5. The number of nitrogens with zero attached hydrogens (tertiary/aromatic N) is 3. The molecule has 1 atom stereocenters. The van der Waals surface area contributed by atoms with E-state index in [0.29, 0.717) is 6.42 Å². The number of aromatic nitrogens is 3. The van der Waals surface area contributed by atoms with Crippen molar-refractivity contribution in [1.82, 2.24) is 20.4 Å². The first-order chi connectivity index (χ1) is 8.83. The van der Waals surface area contributed by atoms with Gasteiger partial charge < -0.3 is 0 Å². The average Bonchev–Trinajstić information content (AvgIpc) is 2.46. The van der Waals surface area contributed by atoms with Gasteiger partial charge in [0.05, 0.1) is 11.7 Å². The molecule has 0 saturated heterocycles. The summed E-state index contributed by atoms with van der Waals surface area (Å²) < 4.78 is 0. The third kappa shape index (κ3) is 3.09. The number of aryl methyl sites for hydroxylation is 1. The molecular weight excluding hydrogens is 226 g/mol. The molecule has 2 rings (SSSR count). The molecule has 5 nitrogen and oxygen atoms in total. The van der Waals surface area contributed by atoms with Crippen LogP contribution in [0.3, 0.4) is 0 Å². The number of nitrogens with two attached hydrogens (primary N) is 1. The molecule has 0 aliphatic rings. The van der Waals surface area contributed by atoms with E-state index in [4.69, 9.17) is 5.84 Å². The first-order valence-corrected chi connectivity index (χ1v) is 5.99. The number of hydrogen-bond donors (Lipinski definition) is 2. The largest absolute Gasteiger partial charge is 0.271 e. The van der Waals surface area contributed by atoms with E-state index in [-0.39, 0.29) is 6.04 Å². The first kappa shape index (κ1) is 12.6. The highest BCUT2D eigenvalue weighted by molar-refractivity contribution is 5.16. The summed E-state index contributed by atoms with van der Waals surface area (Å²) in [6, 6.07) is 5.93. The van der Waals surface area contributed by atoms with E-state index in [1.54, 1.807) is 6.20 Å². The highest BCUT2D eigenvalue weighted by Gasteiger charge is 2.12. The highest BCUT2D eigenvalue weighted by atomic mass is 15.2. The van der Waals surface area contributed by atoms with Gasteiger partial charge in [-0.1, -0.05) is 13.0 Å². The van der Waals surface area contributed by atoms with E-state index in [9.17, 15) is 0 Å². The van der Waals surface area contributed by atoms with Crippen LogP contribution in [0.25, 0.3) is 0 Å². The Morgan fingerprint density at radius 1 is 1.28 bits per heavy atom. The van der Waals surface area contributed by atoms with Crippen LogP contribution in [0, 0.1) is 0 Å². The Hall–Kier alpha value is -1.85. The Morgan fingerprint density at radius 3 is 2.72 bits per heavy atom. The third-order valence-electron chi connectivity index (χ3n) is 2.87. The number of hydrogen-bond acceptors (Lipinski definition) is 5. The SMILES string of the molecule is CCc1ccc(CC(NN)c2ccncn2)nc1. The zero-order chi connectivity index (χ0) is 12.8. The van der Waals surface area contributed by atoms with Gasteiger partial charge in [-0.15, -0.1) is 0 Å². The van der Waals surface area contributed by atoms with Crippen molar-refractivity contribution < 1.29 is 0 Å². The maximum Gasteiger partial charge on any atom is 0.115 e. The summed E-state index contributed by atoms with van der Waals surface area (Å²) >= 11 is 0. The van der Waals surface area contributed by atoms with Gasteiger partial charge in [-0.3, -0.25) is 16.3 Å². The summed E-state index contributed by atoms with van der Waals surface area (Å²) in [6.07, 6.45) is 6.84. The maximum absolute atomic E-state index is 5.57. The lowest BCUT2D eigenvalue weighted by Crippen LogP contribution is -2.30. The minimum absolute atomic E-state index is 0.0482. The number of pyridine rings is 1. The molecule has 2 heterocycles. The van der Waals surface area contributed by atoms with Crippen LogP contribution in [-0.2, 0) is 12.8 Å². The van der Waals surface area contributed by atoms with Crippen molar-refractivity contribution in [3.8, 4) is 0 Å². The van der Waals surface area contributed by atoms with Crippen LogP contribution < -0.4 is 11.3 Å². The maximum atomic E-state index is 5.57. The van der Waals surface area contributed by atoms with Crippen LogP contribution in [0.4, 0.5) is 0 Å². The summed E-state index contributed by atoms with van der Waals surface area (Å²) in [5, 5.41) is 0.